The summed E-state index contributed by atoms with van der Waals surface area (Å²) in [4.78, 5) is 0. The summed E-state index contributed by atoms with van der Waals surface area (Å²) in [6.07, 6.45) is 0.713. The summed E-state index contributed by atoms with van der Waals surface area (Å²) >= 11 is 9.33. The van der Waals surface area contributed by atoms with Gasteiger partial charge in [-0.25, -0.2) is 4.39 Å². The van der Waals surface area contributed by atoms with Crippen molar-refractivity contribution in [2.45, 2.75) is 6.42 Å². The lowest BCUT2D eigenvalue weighted by molar-refractivity contribution is 0.476. The molecule has 0 aliphatic rings. The molecule has 0 aromatic heterocycles. The Morgan fingerprint density at radius 1 is 1.16 bits per heavy atom. The van der Waals surface area contributed by atoms with Crippen molar-refractivity contribution in [2.24, 2.45) is 5.73 Å². The van der Waals surface area contributed by atoms with E-state index in [4.69, 9.17) is 22.1 Å². The van der Waals surface area contributed by atoms with Crippen LogP contribution in [0.3, 0.4) is 0 Å². The number of halogens is 3. The zero-order chi connectivity index (χ0) is 13.8. The molecule has 0 saturated carbocycles. The molecule has 100 valence electrons. The molecule has 19 heavy (non-hydrogen) atoms. The van der Waals surface area contributed by atoms with Gasteiger partial charge in [0.1, 0.15) is 17.3 Å². The van der Waals surface area contributed by atoms with Gasteiger partial charge >= 0.3 is 0 Å². The lowest BCUT2D eigenvalue weighted by Crippen LogP contribution is -2.03. The molecule has 0 fully saturated rings. The second kappa shape index (κ2) is 6.37. The molecule has 2 aromatic rings. The smallest absolute Gasteiger partial charge is 0.131 e. The molecule has 0 aliphatic heterocycles. The number of hydrogen-bond donors (Lipinski definition) is 1. The molecule has 2 N–H and O–H groups in total. The summed E-state index contributed by atoms with van der Waals surface area (Å²) in [5.74, 6) is 0.605. The molecule has 5 heteroatoms. The number of hydrogen-bond acceptors (Lipinski definition) is 2. The Kier molecular flexibility index (Phi) is 4.80. The molecule has 0 spiro atoms. The Morgan fingerprint density at radius 3 is 2.58 bits per heavy atom. The summed E-state index contributed by atoms with van der Waals surface area (Å²) in [7, 11) is 0. The van der Waals surface area contributed by atoms with E-state index in [9.17, 15) is 4.39 Å². The summed E-state index contributed by atoms with van der Waals surface area (Å²) in [6, 6.07) is 9.71. The van der Waals surface area contributed by atoms with Gasteiger partial charge in [-0.15, -0.1) is 0 Å². The molecule has 0 amide bonds. The predicted octanol–water partition coefficient (Wildman–Crippen LogP) is 4.54. The van der Waals surface area contributed by atoms with Crippen LogP contribution < -0.4 is 10.5 Å². The molecule has 0 unspecified atom stereocenters. The number of benzene rings is 2. The first-order valence-corrected chi connectivity index (χ1v) is 6.88. The Morgan fingerprint density at radius 2 is 1.95 bits per heavy atom. The Bertz CT molecular complexity index is 571. The van der Waals surface area contributed by atoms with Crippen LogP contribution in [0, 0.1) is 5.82 Å². The van der Waals surface area contributed by atoms with E-state index >= 15 is 0 Å². The van der Waals surface area contributed by atoms with Crippen LogP contribution in [0.25, 0.3) is 0 Å². The van der Waals surface area contributed by atoms with Crippen LogP contribution in [-0.2, 0) is 6.42 Å². The Balaban J connectivity index is 2.21. The van der Waals surface area contributed by atoms with Gasteiger partial charge in [-0.3, -0.25) is 0 Å². The molecule has 2 rings (SSSR count). The van der Waals surface area contributed by atoms with Crippen molar-refractivity contribution in [3.63, 3.8) is 0 Å². The molecule has 0 saturated heterocycles. The van der Waals surface area contributed by atoms with Crippen LogP contribution in [0.4, 0.5) is 4.39 Å². The van der Waals surface area contributed by atoms with Crippen molar-refractivity contribution in [3.8, 4) is 11.5 Å². The molecular weight excluding hydrogens is 333 g/mol. The van der Waals surface area contributed by atoms with Crippen LogP contribution in [0.1, 0.15) is 5.56 Å². The summed E-state index contributed by atoms with van der Waals surface area (Å²) < 4.78 is 19.4. The van der Waals surface area contributed by atoms with Crippen LogP contribution in [0.2, 0.25) is 5.02 Å². The zero-order valence-electron chi connectivity index (χ0n) is 10.00. The highest BCUT2D eigenvalue weighted by molar-refractivity contribution is 9.10. The average Bonchev–Trinajstić information content (AvgIpc) is 2.31. The van der Waals surface area contributed by atoms with Crippen LogP contribution >= 0.6 is 27.5 Å². The summed E-state index contributed by atoms with van der Waals surface area (Å²) in [5, 5.41) is 0.596. The highest BCUT2D eigenvalue weighted by Gasteiger charge is 2.05. The first-order chi connectivity index (χ1) is 9.08. The van der Waals surface area contributed by atoms with Gasteiger partial charge in [0.2, 0.25) is 0 Å². The van der Waals surface area contributed by atoms with Gasteiger partial charge in [-0.1, -0.05) is 33.6 Å². The second-order valence-electron chi connectivity index (χ2n) is 4.00. The lowest BCUT2D eigenvalue weighted by atomic mass is 10.1. The monoisotopic (exact) mass is 343 g/mol. The maximum atomic E-state index is 13.2. The van der Waals surface area contributed by atoms with Crippen molar-refractivity contribution < 1.29 is 9.13 Å². The van der Waals surface area contributed by atoms with E-state index in [1.54, 1.807) is 18.2 Å². The highest BCUT2D eigenvalue weighted by atomic mass is 79.9. The minimum absolute atomic E-state index is 0.366. The molecule has 0 atom stereocenters. The number of nitrogens with two attached hydrogens (primary N) is 1. The van der Waals surface area contributed by atoms with Crippen molar-refractivity contribution >= 4 is 27.5 Å². The van der Waals surface area contributed by atoms with E-state index in [-0.39, 0.29) is 5.82 Å². The minimum Gasteiger partial charge on any atom is -0.457 e. The van der Waals surface area contributed by atoms with Crippen molar-refractivity contribution in [1.82, 2.24) is 0 Å². The van der Waals surface area contributed by atoms with Crippen molar-refractivity contribution in [2.75, 3.05) is 6.54 Å². The molecule has 0 bridgehead atoms. The molecular formula is C14H12BrClFNO. The maximum absolute atomic E-state index is 13.2. The van der Waals surface area contributed by atoms with E-state index in [2.05, 4.69) is 15.9 Å². The topological polar surface area (TPSA) is 35.2 Å². The summed E-state index contributed by atoms with van der Waals surface area (Å²) in [5.41, 5.74) is 6.46. The minimum atomic E-state index is -0.366. The van der Waals surface area contributed by atoms with E-state index in [1.807, 2.05) is 6.07 Å². The van der Waals surface area contributed by atoms with Gasteiger partial charge in [0, 0.05) is 15.6 Å². The fraction of sp³-hybridized carbons (Fsp3) is 0.143. The van der Waals surface area contributed by atoms with Crippen molar-refractivity contribution in [1.29, 1.82) is 0 Å². The molecule has 2 nitrogen and oxygen atoms in total. The molecule has 0 radical (unpaired) electrons. The predicted molar refractivity (Wildman–Crippen MR) is 78.4 cm³/mol. The van der Waals surface area contributed by atoms with Gasteiger partial charge in [0.05, 0.1) is 0 Å². The Labute approximate surface area is 124 Å². The van der Waals surface area contributed by atoms with Gasteiger partial charge in [0.25, 0.3) is 0 Å². The third kappa shape index (κ3) is 3.93. The number of rotatable bonds is 4. The average molecular weight is 345 g/mol. The molecule has 2 aromatic carbocycles. The first kappa shape index (κ1) is 14.3. The third-order valence-corrected chi connectivity index (χ3v) is 3.32. The fourth-order valence-corrected chi connectivity index (χ4v) is 2.38. The Hall–Kier alpha value is -1.10. The fourth-order valence-electron chi connectivity index (χ4n) is 1.67. The van der Waals surface area contributed by atoms with E-state index in [1.165, 1.54) is 12.1 Å². The molecule has 0 heterocycles. The highest BCUT2D eigenvalue weighted by Crippen LogP contribution is 2.29. The van der Waals surface area contributed by atoms with E-state index in [0.717, 1.165) is 5.56 Å². The van der Waals surface area contributed by atoms with Crippen molar-refractivity contribution in [3.05, 3.63) is 57.3 Å². The third-order valence-electron chi connectivity index (χ3n) is 2.51. The van der Waals surface area contributed by atoms with Gasteiger partial charge in [0.15, 0.2) is 0 Å². The SMILES string of the molecule is NCCc1ccc(Oc2cc(F)cc(Br)c2)cc1Cl. The quantitative estimate of drug-likeness (QED) is 0.884. The van der Waals surface area contributed by atoms with Gasteiger partial charge in [-0.05, 0) is 42.8 Å². The van der Waals surface area contributed by atoms with Crippen LogP contribution in [-0.4, -0.2) is 6.54 Å². The van der Waals surface area contributed by atoms with E-state index < -0.39 is 0 Å². The maximum Gasteiger partial charge on any atom is 0.131 e. The lowest BCUT2D eigenvalue weighted by Gasteiger charge is -2.09. The van der Waals surface area contributed by atoms with Gasteiger partial charge < -0.3 is 10.5 Å². The first-order valence-electron chi connectivity index (χ1n) is 5.71. The van der Waals surface area contributed by atoms with E-state index in [0.29, 0.717) is 34.0 Å². The number of ether oxygens (including phenoxy) is 1. The second-order valence-corrected chi connectivity index (χ2v) is 5.32. The normalized spacial score (nSPS) is 10.5. The largest absolute Gasteiger partial charge is 0.457 e. The van der Waals surface area contributed by atoms with Crippen LogP contribution in [0.15, 0.2) is 40.9 Å². The van der Waals surface area contributed by atoms with Crippen LogP contribution in [0.5, 0.6) is 11.5 Å². The molecule has 0 aliphatic carbocycles. The van der Waals surface area contributed by atoms with Gasteiger partial charge in [-0.2, -0.15) is 0 Å². The zero-order valence-corrected chi connectivity index (χ0v) is 12.3. The summed E-state index contributed by atoms with van der Waals surface area (Å²) in [6.45, 7) is 0.538. The standard InChI is InChI=1S/C14H12BrClFNO/c15-10-5-11(17)7-13(6-10)19-12-2-1-9(3-4-18)14(16)8-12/h1-2,5-8H,3-4,18H2.